The molecule has 126 valence electrons. The van der Waals surface area contributed by atoms with Gasteiger partial charge in [-0.3, -0.25) is 14.4 Å². The second-order valence-electron chi connectivity index (χ2n) is 5.06. The lowest BCUT2D eigenvalue weighted by molar-refractivity contribution is -0.301. The lowest BCUT2D eigenvalue weighted by Gasteiger charge is -2.28. The highest BCUT2D eigenvalue weighted by Crippen LogP contribution is 2.25. The minimum atomic E-state index is -0.442. The van der Waals surface area contributed by atoms with Crippen LogP contribution in [0.3, 0.4) is 0 Å². The SMILES string of the molecule is [B]C1=C([O-])C(=C)C1=O.[B]C=C1C(=O)C(C=C)=C1[O-].[B]C=C1C(=O)C([B])=C1[O-]. The van der Waals surface area contributed by atoms with Crippen LogP contribution in [0.5, 0.6) is 0 Å². The lowest BCUT2D eigenvalue weighted by atomic mass is 9.74. The molecule has 3 aliphatic rings. The van der Waals surface area contributed by atoms with Crippen LogP contribution in [0, 0.1) is 0 Å². The molecule has 0 N–H and O–H groups in total. The van der Waals surface area contributed by atoms with E-state index >= 15 is 0 Å². The summed E-state index contributed by atoms with van der Waals surface area (Å²) in [5, 5.41) is 31.5. The van der Waals surface area contributed by atoms with Gasteiger partial charge in [0.25, 0.3) is 0 Å². The van der Waals surface area contributed by atoms with E-state index in [2.05, 4.69) is 13.2 Å². The van der Waals surface area contributed by atoms with Gasteiger partial charge in [0, 0.05) is 16.7 Å². The van der Waals surface area contributed by atoms with E-state index in [0.717, 1.165) is 12.0 Å². The van der Waals surface area contributed by atoms with Gasteiger partial charge >= 0.3 is 0 Å². The highest BCUT2D eigenvalue weighted by molar-refractivity contribution is 6.47. The summed E-state index contributed by atoms with van der Waals surface area (Å²) < 4.78 is 0. The normalized spacial score (nSPS) is 21.0. The van der Waals surface area contributed by atoms with E-state index in [1.54, 1.807) is 0 Å². The quantitative estimate of drug-likeness (QED) is 0.360. The molecule has 0 aliphatic heterocycles. The Balaban J connectivity index is 0.000000204. The fourth-order valence-corrected chi connectivity index (χ4v) is 1.82. The molecule has 0 unspecified atom stereocenters. The van der Waals surface area contributed by atoms with Gasteiger partial charge in [-0.2, -0.15) is 0 Å². The zero-order valence-electron chi connectivity index (χ0n) is 13.9. The van der Waals surface area contributed by atoms with Crippen LogP contribution in [0.1, 0.15) is 0 Å². The highest BCUT2D eigenvalue weighted by atomic mass is 16.3. The summed E-state index contributed by atoms with van der Waals surface area (Å²) in [5.41, 5.74) is -0.205. The first-order valence-electron chi connectivity index (χ1n) is 7.10. The first-order chi connectivity index (χ1) is 12.5. The number of carbonyl (C=O) groups is 3. The zero-order valence-corrected chi connectivity index (χ0v) is 13.9. The molecule has 0 saturated heterocycles. The smallest absolute Gasteiger partial charge is 0.190 e. The van der Waals surface area contributed by atoms with Gasteiger partial charge in [-0.25, -0.2) is 0 Å². The summed E-state index contributed by atoms with van der Waals surface area (Å²) in [6.45, 7) is 6.48. The van der Waals surface area contributed by atoms with Crippen LogP contribution in [0.25, 0.3) is 0 Å². The molecule has 0 aromatic heterocycles. The number of carbonyl (C=O) groups excluding carboxylic acids is 3. The molecular formula is C17H7B4O6-3. The summed E-state index contributed by atoms with van der Waals surface area (Å²) in [6.07, 6.45) is 1.25. The van der Waals surface area contributed by atoms with E-state index in [0.29, 0.717) is 0 Å². The standard InChI is InChI=1S/C7H5BO2.C5H2B2O2.C5H3BO2/c1-2-4-6(9)5(3-8)7(4)10;6-1-2-4(8)3(7)5(2)9;1-2-4(7)3(6)5(2)8/h2-3,9H,1H2;1,8H;7H,1H2/p-3. The van der Waals surface area contributed by atoms with Crippen molar-refractivity contribution in [3.8, 4) is 0 Å². The summed E-state index contributed by atoms with van der Waals surface area (Å²) in [4.78, 5) is 31.5. The summed E-state index contributed by atoms with van der Waals surface area (Å²) in [5.74, 6) is -0.307. The molecule has 0 spiro atoms. The molecule has 0 heterocycles. The number of hydrogen-bond donors (Lipinski definition) is 0. The predicted molar refractivity (Wildman–Crippen MR) is 94.6 cm³/mol. The van der Waals surface area contributed by atoms with Gasteiger partial charge in [-0.05, 0) is 5.57 Å². The topological polar surface area (TPSA) is 120 Å². The Labute approximate surface area is 160 Å². The van der Waals surface area contributed by atoms with Gasteiger partial charge in [0.1, 0.15) is 31.4 Å². The molecule has 0 aromatic rings. The maximum atomic E-state index is 10.8. The molecule has 0 aromatic carbocycles. The van der Waals surface area contributed by atoms with E-state index in [4.69, 9.17) is 31.4 Å². The molecular weight excluding hydrogens is 343 g/mol. The molecule has 3 rings (SSSR count). The van der Waals surface area contributed by atoms with Crippen molar-refractivity contribution < 1.29 is 29.7 Å². The number of allylic oxidation sites excluding steroid dienone is 7. The van der Waals surface area contributed by atoms with Gasteiger partial charge in [-0.1, -0.05) is 35.9 Å². The van der Waals surface area contributed by atoms with Crippen LogP contribution in [0.2, 0.25) is 0 Å². The Hall–Kier alpha value is -3.15. The van der Waals surface area contributed by atoms with Crippen molar-refractivity contribution in [2.45, 2.75) is 0 Å². The second-order valence-corrected chi connectivity index (χ2v) is 5.06. The molecule has 0 fully saturated rings. The van der Waals surface area contributed by atoms with Gasteiger partial charge in [0.2, 0.25) is 0 Å². The average molecular weight is 350 g/mol. The number of rotatable bonds is 1. The monoisotopic (exact) mass is 351 g/mol. The lowest BCUT2D eigenvalue weighted by Crippen LogP contribution is -2.30. The van der Waals surface area contributed by atoms with Crippen LogP contribution in [0.15, 0.2) is 81.7 Å². The fraction of sp³-hybridized carbons (Fsp3) is 0. The van der Waals surface area contributed by atoms with Gasteiger partial charge in [0.15, 0.2) is 17.3 Å². The molecule has 0 saturated carbocycles. The second kappa shape index (κ2) is 8.49. The van der Waals surface area contributed by atoms with E-state index in [9.17, 15) is 29.7 Å². The highest BCUT2D eigenvalue weighted by Gasteiger charge is 2.22. The van der Waals surface area contributed by atoms with E-state index in [1.807, 2.05) is 0 Å². The minimum Gasteiger partial charge on any atom is -0.872 e. The molecule has 0 atom stereocenters. The van der Waals surface area contributed by atoms with Crippen LogP contribution >= 0.6 is 0 Å². The van der Waals surface area contributed by atoms with Crippen LogP contribution in [-0.4, -0.2) is 48.7 Å². The van der Waals surface area contributed by atoms with Crippen molar-refractivity contribution in [2.24, 2.45) is 0 Å². The Morgan fingerprint density at radius 1 is 0.741 bits per heavy atom. The van der Waals surface area contributed by atoms with Gasteiger partial charge in [-0.15, -0.1) is 23.5 Å². The first kappa shape index (κ1) is 21.9. The molecule has 3 aliphatic carbocycles. The van der Waals surface area contributed by atoms with Gasteiger partial charge < -0.3 is 15.3 Å². The van der Waals surface area contributed by atoms with Crippen molar-refractivity contribution in [2.75, 3.05) is 0 Å². The molecule has 0 amide bonds. The molecule has 10 heteroatoms. The maximum absolute atomic E-state index is 10.8. The Morgan fingerprint density at radius 3 is 1.41 bits per heavy atom. The molecule has 0 bridgehead atoms. The summed E-state index contributed by atoms with van der Waals surface area (Å²) in [7, 11) is 19.7. The third kappa shape index (κ3) is 3.84. The van der Waals surface area contributed by atoms with Crippen LogP contribution < -0.4 is 15.3 Å². The minimum absolute atomic E-state index is 0.00231. The molecule has 8 radical (unpaired) electrons. The van der Waals surface area contributed by atoms with Crippen molar-refractivity contribution in [1.29, 1.82) is 0 Å². The largest absolute Gasteiger partial charge is 0.872 e. The first-order valence-corrected chi connectivity index (χ1v) is 7.10. The third-order valence-electron chi connectivity index (χ3n) is 3.53. The van der Waals surface area contributed by atoms with Crippen LogP contribution in [-0.2, 0) is 14.4 Å². The van der Waals surface area contributed by atoms with Crippen molar-refractivity contribution in [3.05, 3.63) is 81.7 Å². The van der Waals surface area contributed by atoms with Crippen molar-refractivity contribution in [3.63, 3.8) is 0 Å². The maximum Gasteiger partial charge on any atom is 0.190 e. The van der Waals surface area contributed by atoms with E-state index in [1.165, 1.54) is 6.08 Å². The van der Waals surface area contributed by atoms with Crippen molar-refractivity contribution >= 4 is 48.7 Å². The Bertz CT molecular complexity index is 909. The number of hydrogen-bond acceptors (Lipinski definition) is 6. The van der Waals surface area contributed by atoms with E-state index < -0.39 is 23.1 Å². The number of Topliss-reactive ketones (excluding diaryl/α,β-unsaturated/α-hetero) is 3. The summed E-state index contributed by atoms with van der Waals surface area (Å²) >= 11 is 0. The summed E-state index contributed by atoms with van der Waals surface area (Å²) in [6, 6.07) is 0. The number of ketones is 3. The Kier molecular flexibility index (Phi) is 6.88. The third-order valence-corrected chi connectivity index (χ3v) is 3.53. The van der Waals surface area contributed by atoms with Gasteiger partial charge in [0.05, 0.1) is 0 Å². The van der Waals surface area contributed by atoms with Crippen molar-refractivity contribution in [1.82, 2.24) is 0 Å². The van der Waals surface area contributed by atoms with Crippen LogP contribution in [0.4, 0.5) is 0 Å². The zero-order chi connectivity index (χ0) is 21.0. The molecule has 6 nitrogen and oxygen atoms in total. The molecule has 27 heavy (non-hydrogen) atoms. The predicted octanol–water partition coefficient (Wildman–Crippen LogP) is -3.35. The fourth-order valence-electron chi connectivity index (χ4n) is 1.82. The Morgan fingerprint density at radius 2 is 1.19 bits per heavy atom. The average Bonchev–Trinajstić information content (AvgIpc) is 2.68. The van der Waals surface area contributed by atoms with E-state index in [-0.39, 0.29) is 44.8 Å².